The van der Waals surface area contributed by atoms with E-state index in [4.69, 9.17) is 16.3 Å². The molecular formula is C16H26ClNO. The third-order valence-electron chi connectivity index (χ3n) is 3.61. The van der Waals surface area contributed by atoms with Gasteiger partial charge in [-0.15, -0.1) is 0 Å². The van der Waals surface area contributed by atoms with E-state index >= 15 is 0 Å². The second-order valence-electron chi connectivity index (χ2n) is 5.14. The highest BCUT2D eigenvalue weighted by Crippen LogP contribution is 2.30. The Bertz CT molecular complexity index is 381. The molecule has 0 bridgehead atoms. The summed E-state index contributed by atoms with van der Waals surface area (Å²) in [5, 5.41) is 4.50. The number of halogens is 1. The van der Waals surface area contributed by atoms with E-state index in [1.807, 2.05) is 12.1 Å². The smallest absolute Gasteiger partial charge is 0.0465 e. The lowest BCUT2D eigenvalue weighted by Gasteiger charge is -2.27. The summed E-state index contributed by atoms with van der Waals surface area (Å²) in [5.74, 6) is 0.517. The van der Waals surface area contributed by atoms with Crippen molar-refractivity contribution in [2.45, 2.75) is 39.7 Å². The van der Waals surface area contributed by atoms with Crippen molar-refractivity contribution in [2.24, 2.45) is 5.92 Å². The number of rotatable bonds is 8. The van der Waals surface area contributed by atoms with Crippen molar-refractivity contribution in [3.05, 3.63) is 34.3 Å². The zero-order valence-corrected chi connectivity index (χ0v) is 13.3. The Balaban J connectivity index is 2.91. The summed E-state index contributed by atoms with van der Waals surface area (Å²) < 4.78 is 5.20. The first-order valence-electron chi connectivity index (χ1n) is 7.09. The van der Waals surface area contributed by atoms with Gasteiger partial charge in [0.15, 0.2) is 0 Å². The molecule has 1 N–H and O–H groups in total. The van der Waals surface area contributed by atoms with Gasteiger partial charge in [0.2, 0.25) is 0 Å². The molecule has 1 aromatic carbocycles. The largest absolute Gasteiger partial charge is 0.385 e. The first-order chi connectivity index (χ1) is 9.11. The molecule has 0 spiro atoms. The van der Waals surface area contributed by atoms with Crippen LogP contribution in [0.25, 0.3) is 0 Å². The zero-order valence-electron chi connectivity index (χ0n) is 12.5. The maximum absolute atomic E-state index is 6.25. The summed E-state index contributed by atoms with van der Waals surface area (Å²) in [6.07, 6.45) is 2.18. The minimum Gasteiger partial charge on any atom is -0.385 e. The molecule has 108 valence electrons. The van der Waals surface area contributed by atoms with Crippen molar-refractivity contribution < 1.29 is 4.74 Å². The van der Waals surface area contributed by atoms with Crippen molar-refractivity contribution >= 4 is 11.6 Å². The van der Waals surface area contributed by atoms with Crippen LogP contribution in [0, 0.1) is 12.8 Å². The molecule has 0 radical (unpaired) electrons. The van der Waals surface area contributed by atoms with Crippen molar-refractivity contribution in [3.8, 4) is 0 Å². The van der Waals surface area contributed by atoms with Crippen LogP contribution in [0.3, 0.4) is 0 Å². The Hall–Kier alpha value is -0.570. The minimum absolute atomic E-state index is 0.341. The molecule has 0 saturated heterocycles. The molecule has 1 rings (SSSR count). The molecule has 2 nitrogen and oxygen atoms in total. The lowest BCUT2D eigenvalue weighted by molar-refractivity contribution is 0.170. The highest BCUT2D eigenvalue weighted by atomic mass is 35.5. The van der Waals surface area contributed by atoms with E-state index in [2.05, 4.69) is 32.2 Å². The number of hydrogen-bond acceptors (Lipinski definition) is 2. The second kappa shape index (κ2) is 8.57. The summed E-state index contributed by atoms with van der Waals surface area (Å²) in [6, 6.07) is 6.51. The topological polar surface area (TPSA) is 21.3 Å². The maximum Gasteiger partial charge on any atom is 0.0465 e. The van der Waals surface area contributed by atoms with Gasteiger partial charge in [0, 0.05) is 24.8 Å². The molecule has 2 unspecified atom stereocenters. The predicted octanol–water partition coefficient (Wildman–Crippen LogP) is 4.36. The fourth-order valence-electron chi connectivity index (χ4n) is 2.35. The molecule has 19 heavy (non-hydrogen) atoms. The molecule has 2 atom stereocenters. The van der Waals surface area contributed by atoms with Crippen LogP contribution in [-0.4, -0.2) is 20.3 Å². The number of hydrogen-bond donors (Lipinski definition) is 1. The van der Waals surface area contributed by atoms with Gasteiger partial charge in [-0.2, -0.15) is 0 Å². The van der Waals surface area contributed by atoms with E-state index in [1.54, 1.807) is 7.11 Å². The Labute approximate surface area is 122 Å². The normalized spacial score (nSPS) is 14.4. The van der Waals surface area contributed by atoms with E-state index in [0.717, 1.165) is 31.0 Å². The van der Waals surface area contributed by atoms with Gasteiger partial charge in [-0.3, -0.25) is 0 Å². The summed E-state index contributed by atoms with van der Waals surface area (Å²) >= 11 is 6.25. The lowest BCUT2D eigenvalue weighted by atomic mass is 9.89. The van der Waals surface area contributed by atoms with E-state index in [9.17, 15) is 0 Å². The van der Waals surface area contributed by atoms with E-state index in [0.29, 0.717) is 12.0 Å². The maximum atomic E-state index is 6.25. The highest BCUT2D eigenvalue weighted by Gasteiger charge is 2.20. The summed E-state index contributed by atoms with van der Waals surface area (Å²) in [6.45, 7) is 8.38. The molecule has 0 aliphatic rings. The van der Waals surface area contributed by atoms with Gasteiger partial charge in [0.25, 0.3) is 0 Å². The first kappa shape index (κ1) is 16.5. The lowest BCUT2D eigenvalue weighted by Crippen LogP contribution is -2.29. The predicted molar refractivity (Wildman–Crippen MR) is 82.9 cm³/mol. The number of benzene rings is 1. The Morgan fingerprint density at radius 2 is 2.11 bits per heavy atom. The summed E-state index contributed by atoms with van der Waals surface area (Å²) in [7, 11) is 1.76. The SMILES string of the molecule is CCCNC(c1cccc(Cl)c1C)C(C)CCOC. The number of nitrogens with one attached hydrogen (secondary N) is 1. The minimum atomic E-state index is 0.341. The van der Waals surface area contributed by atoms with Crippen molar-refractivity contribution in [1.29, 1.82) is 0 Å². The van der Waals surface area contributed by atoms with E-state index in [-0.39, 0.29) is 0 Å². The van der Waals surface area contributed by atoms with Gasteiger partial charge in [0.1, 0.15) is 0 Å². The van der Waals surface area contributed by atoms with Gasteiger partial charge in [-0.1, -0.05) is 37.6 Å². The fourth-order valence-corrected chi connectivity index (χ4v) is 2.53. The van der Waals surface area contributed by atoms with Crippen LogP contribution in [0.15, 0.2) is 18.2 Å². The highest BCUT2D eigenvalue weighted by molar-refractivity contribution is 6.31. The molecule has 0 aliphatic heterocycles. The third-order valence-corrected chi connectivity index (χ3v) is 4.01. The van der Waals surface area contributed by atoms with Crippen LogP contribution in [0.5, 0.6) is 0 Å². The number of methoxy groups -OCH3 is 1. The van der Waals surface area contributed by atoms with Gasteiger partial charge in [0.05, 0.1) is 0 Å². The first-order valence-corrected chi connectivity index (χ1v) is 7.46. The van der Waals surface area contributed by atoms with E-state index in [1.165, 1.54) is 11.1 Å². The van der Waals surface area contributed by atoms with Crippen molar-refractivity contribution in [1.82, 2.24) is 5.32 Å². The molecule has 3 heteroatoms. The Morgan fingerprint density at radius 3 is 2.74 bits per heavy atom. The fraction of sp³-hybridized carbons (Fsp3) is 0.625. The van der Waals surface area contributed by atoms with Gasteiger partial charge in [-0.25, -0.2) is 0 Å². The van der Waals surface area contributed by atoms with Crippen LogP contribution >= 0.6 is 11.6 Å². The van der Waals surface area contributed by atoms with Crippen LogP contribution in [0.1, 0.15) is 43.9 Å². The zero-order chi connectivity index (χ0) is 14.3. The van der Waals surface area contributed by atoms with Gasteiger partial charge >= 0.3 is 0 Å². The van der Waals surface area contributed by atoms with Gasteiger partial charge < -0.3 is 10.1 Å². The average molecular weight is 284 g/mol. The molecule has 0 fully saturated rings. The standard InChI is InChI=1S/C16H26ClNO/c1-5-10-18-16(12(2)9-11-19-4)14-7-6-8-15(17)13(14)3/h6-8,12,16,18H,5,9-11H2,1-4H3. The van der Waals surface area contributed by atoms with Crippen LogP contribution in [0.2, 0.25) is 5.02 Å². The molecule has 0 amide bonds. The van der Waals surface area contributed by atoms with E-state index < -0.39 is 0 Å². The quantitative estimate of drug-likeness (QED) is 0.765. The molecule has 0 aliphatic carbocycles. The Kier molecular flexibility index (Phi) is 7.44. The molecule has 0 heterocycles. The molecule has 1 aromatic rings. The summed E-state index contributed by atoms with van der Waals surface area (Å²) in [4.78, 5) is 0. The second-order valence-corrected chi connectivity index (χ2v) is 5.55. The van der Waals surface area contributed by atoms with Crippen molar-refractivity contribution in [2.75, 3.05) is 20.3 Å². The molecular weight excluding hydrogens is 258 g/mol. The average Bonchev–Trinajstić information content (AvgIpc) is 2.41. The monoisotopic (exact) mass is 283 g/mol. The Morgan fingerprint density at radius 1 is 1.37 bits per heavy atom. The van der Waals surface area contributed by atoms with Crippen LogP contribution in [-0.2, 0) is 4.74 Å². The molecule has 0 aromatic heterocycles. The van der Waals surface area contributed by atoms with Crippen molar-refractivity contribution in [3.63, 3.8) is 0 Å². The third kappa shape index (κ3) is 4.79. The summed E-state index contributed by atoms with van der Waals surface area (Å²) in [5.41, 5.74) is 2.49. The van der Waals surface area contributed by atoms with Crippen LogP contribution < -0.4 is 5.32 Å². The molecule has 0 saturated carbocycles. The number of ether oxygens (including phenoxy) is 1. The van der Waals surface area contributed by atoms with Gasteiger partial charge in [-0.05, 0) is 49.4 Å². The van der Waals surface area contributed by atoms with Crippen LogP contribution in [0.4, 0.5) is 0 Å².